The lowest BCUT2D eigenvalue weighted by molar-refractivity contribution is -0.133. The molecule has 0 atom stereocenters. The number of nitrogens with zero attached hydrogens (tertiary/aromatic N) is 2. The minimum atomic E-state index is -0.106. The first-order valence-corrected chi connectivity index (χ1v) is 10.7. The Balaban J connectivity index is 1.59. The summed E-state index contributed by atoms with van der Waals surface area (Å²) in [5.74, 6) is 0.596. The molecule has 2 amide bonds. The normalized spacial score (nSPS) is 14.4. The number of halogens is 2. The highest BCUT2D eigenvalue weighted by atomic mass is 35.5. The molecule has 1 heterocycles. The third-order valence-corrected chi connectivity index (χ3v) is 6.25. The topological polar surface area (TPSA) is 49.9 Å². The SMILES string of the molecule is Cc1ccc(C)c(OCC(=O)N2CCCN(C(=O)c3ccc(Cl)c(Cl)c3)CC2)c1C. The van der Waals surface area contributed by atoms with Crippen molar-refractivity contribution in [2.75, 3.05) is 32.8 Å². The quantitative estimate of drug-likeness (QED) is 0.682. The van der Waals surface area contributed by atoms with Crippen LogP contribution in [0.15, 0.2) is 30.3 Å². The Bertz CT molecular complexity index is 962. The van der Waals surface area contributed by atoms with Crippen molar-refractivity contribution in [3.8, 4) is 5.75 Å². The molecule has 0 saturated carbocycles. The minimum absolute atomic E-state index is 0.00806. The van der Waals surface area contributed by atoms with Gasteiger partial charge in [0.25, 0.3) is 11.8 Å². The second-order valence-corrected chi connectivity index (χ2v) is 8.41. The molecule has 2 aromatic carbocycles. The van der Waals surface area contributed by atoms with E-state index in [1.165, 1.54) is 0 Å². The maximum Gasteiger partial charge on any atom is 0.260 e. The summed E-state index contributed by atoms with van der Waals surface area (Å²) in [6.07, 6.45) is 0.710. The highest BCUT2D eigenvalue weighted by molar-refractivity contribution is 6.42. The predicted molar refractivity (Wildman–Crippen MR) is 120 cm³/mol. The number of aryl methyl sites for hydroxylation is 2. The van der Waals surface area contributed by atoms with E-state index in [0.717, 1.165) is 22.4 Å². The van der Waals surface area contributed by atoms with Crippen LogP contribution in [0.25, 0.3) is 0 Å². The van der Waals surface area contributed by atoms with Crippen molar-refractivity contribution in [1.29, 1.82) is 0 Å². The maximum absolute atomic E-state index is 12.8. The molecule has 2 aromatic rings. The summed E-state index contributed by atoms with van der Waals surface area (Å²) in [7, 11) is 0. The number of ether oxygens (including phenoxy) is 1. The Morgan fingerprint density at radius 1 is 0.900 bits per heavy atom. The first kappa shape index (κ1) is 22.4. The first-order chi connectivity index (χ1) is 14.3. The fourth-order valence-electron chi connectivity index (χ4n) is 3.55. The van der Waals surface area contributed by atoms with Crippen molar-refractivity contribution in [3.05, 3.63) is 62.6 Å². The molecule has 7 heteroatoms. The summed E-state index contributed by atoms with van der Waals surface area (Å²) in [5.41, 5.74) is 3.70. The lowest BCUT2D eigenvalue weighted by Gasteiger charge is -2.23. The summed E-state index contributed by atoms with van der Waals surface area (Å²) >= 11 is 12.0. The maximum atomic E-state index is 12.8. The summed E-state index contributed by atoms with van der Waals surface area (Å²) in [6, 6.07) is 8.93. The van der Waals surface area contributed by atoms with E-state index in [9.17, 15) is 9.59 Å². The van der Waals surface area contributed by atoms with E-state index in [0.29, 0.717) is 48.2 Å². The van der Waals surface area contributed by atoms with Gasteiger partial charge in [-0.15, -0.1) is 0 Å². The molecule has 0 aliphatic carbocycles. The van der Waals surface area contributed by atoms with Crippen molar-refractivity contribution in [2.24, 2.45) is 0 Å². The molecule has 0 bridgehead atoms. The van der Waals surface area contributed by atoms with E-state index in [2.05, 4.69) is 0 Å². The highest BCUT2D eigenvalue weighted by Crippen LogP contribution is 2.26. The molecule has 1 aliphatic rings. The Morgan fingerprint density at radius 3 is 2.30 bits per heavy atom. The van der Waals surface area contributed by atoms with E-state index < -0.39 is 0 Å². The van der Waals surface area contributed by atoms with Crippen LogP contribution in [-0.4, -0.2) is 54.4 Å². The van der Waals surface area contributed by atoms with E-state index in [1.54, 1.807) is 28.0 Å². The molecule has 1 fully saturated rings. The van der Waals surface area contributed by atoms with Crippen molar-refractivity contribution in [3.63, 3.8) is 0 Å². The van der Waals surface area contributed by atoms with Gasteiger partial charge in [-0.3, -0.25) is 9.59 Å². The molecule has 0 spiro atoms. The number of hydrogen-bond acceptors (Lipinski definition) is 3. The van der Waals surface area contributed by atoms with Crippen LogP contribution in [0.1, 0.15) is 33.5 Å². The molecule has 3 rings (SSSR count). The molecule has 1 aliphatic heterocycles. The molecule has 0 aromatic heterocycles. The Morgan fingerprint density at radius 2 is 1.57 bits per heavy atom. The standard InChI is InChI=1S/C23H26Cl2N2O3/c1-15-5-6-16(2)22(17(15)3)30-14-21(28)26-9-4-10-27(12-11-26)23(29)18-7-8-19(24)20(25)13-18/h5-8,13H,4,9-12,14H2,1-3H3. The number of carbonyl (C=O) groups is 2. The van der Waals surface area contributed by atoms with E-state index in [1.807, 2.05) is 32.9 Å². The van der Waals surface area contributed by atoms with Gasteiger partial charge in [-0.05, 0) is 62.1 Å². The van der Waals surface area contributed by atoms with Gasteiger partial charge >= 0.3 is 0 Å². The average Bonchev–Trinajstić information content (AvgIpc) is 2.98. The van der Waals surface area contributed by atoms with Gasteiger partial charge in [0, 0.05) is 31.7 Å². The summed E-state index contributed by atoms with van der Waals surface area (Å²) in [5, 5.41) is 0.771. The zero-order valence-electron chi connectivity index (χ0n) is 17.5. The van der Waals surface area contributed by atoms with Crippen molar-refractivity contribution in [1.82, 2.24) is 9.80 Å². The second-order valence-electron chi connectivity index (χ2n) is 7.60. The lowest BCUT2D eigenvalue weighted by atomic mass is 10.1. The van der Waals surface area contributed by atoms with Gasteiger partial charge in [0.15, 0.2) is 6.61 Å². The molecule has 0 N–H and O–H groups in total. The van der Waals surface area contributed by atoms with Crippen LogP contribution in [0.4, 0.5) is 0 Å². The van der Waals surface area contributed by atoms with Gasteiger partial charge < -0.3 is 14.5 Å². The monoisotopic (exact) mass is 448 g/mol. The van der Waals surface area contributed by atoms with Crippen LogP contribution in [-0.2, 0) is 4.79 Å². The molecule has 0 unspecified atom stereocenters. The van der Waals surface area contributed by atoms with Crippen LogP contribution in [0.5, 0.6) is 5.75 Å². The minimum Gasteiger partial charge on any atom is -0.483 e. The van der Waals surface area contributed by atoms with Crippen LogP contribution < -0.4 is 4.74 Å². The smallest absolute Gasteiger partial charge is 0.260 e. The fourth-order valence-corrected chi connectivity index (χ4v) is 3.85. The van der Waals surface area contributed by atoms with Crippen LogP contribution >= 0.6 is 23.2 Å². The van der Waals surface area contributed by atoms with Gasteiger partial charge in [-0.25, -0.2) is 0 Å². The number of amides is 2. The predicted octanol–water partition coefficient (Wildman–Crippen LogP) is 4.67. The van der Waals surface area contributed by atoms with Gasteiger partial charge in [0.2, 0.25) is 0 Å². The van der Waals surface area contributed by atoms with Crippen molar-refractivity contribution in [2.45, 2.75) is 27.2 Å². The number of rotatable bonds is 4. The third kappa shape index (κ3) is 5.08. The number of benzene rings is 2. The van der Waals surface area contributed by atoms with E-state index >= 15 is 0 Å². The molecular formula is C23H26Cl2N2O3. The van der Waals surface area contributed by atoms with Gasteiger partial charge in [-0.1, -0.05) is 35.3 Å². The zero-order valence-corrected chi connectivity index (χ0v) is 19.0. The Hall–Kier alpha value is -2.24. The van der Waals surface area contributed by atoms with Crippen molar-refractivity contribution < 1.29 is 14.3 Å². The van der Waals surface area contributed by atoms with E-state index in [4.69, 9.17) is 27.9 Å². The largest absolute Gasteiger partial charge is 0.483 e. The Labute approximate surface area is 187 Å². The number of carbonyl (C=O) groups excluding carboxylic acids is 2. The third-order valence-electron chi connectivity index (χ3n) is 5.52. The number of hydrogen-bond donors (Lipinski definition) is 0. The zero-order chi connectivity index (χ0) is 21.8. The van der Waals surface area contributed by atoms with Crippen LogP contribution in [0, 0.1) is 20.8 Å². The molecule has 1 saturated heterocycles. The molecule has 5 nitrogen and oxygen atoms in total. The van der Waals surface area contributed by atoms with Crippen LogP contribution in [0.3, 0.4) is 0 Å². The van der Waals surface area contributed by atoms with Gasteiger partial charge in [0.05, 0.1) is 10.0 Å². The summed E-state index contributed by atoms with van der Waals surface area (Å²) in [4.78, 5) is 29.1. The van der Waals surface area contributed by atoms with E-state index in [-0.39, 0.29) is 18.4 Å². The highest BCUT2D eigenvalue weighted by Gasteiger charge is 2.23. The van der Waals surface area contributed by atoms with Gasteiger partial charge in [-0.2, -0.15) is 0 Å². The first-order valence-electron chi connectivity index (χ1n) is 9.99. The average molecular weight is 449 g/mol. The van der Waals surface area contributed by atoms with Crippen molar-refractivity contribution >= 4 is 35.0 Å². The fraction of sp³-hybridized carbons (Fsp3) is 0.391. The lowest BCUT2D eigenvalue weighted by Crippen LogP contribution is -2.39. The summed E-state index contributed by atoms with van der Waals surface area (Å²) in [6.45, 7) is 8.11. The molecular weight excluding hydrogens is 423 g/mol. The summed E-state index contributed by atoms with van der Waals surface area (Å²) < 4.78 is 5.87. The molecule has 160 valence electrons. The molecule has 0 radical (unpaired) electrons. The van der Waals surface area contributed by atoms with Crippen LogP contribution in [0.2, 0.25) is 10.0 Å². The second kappa shape index (κ2) is 9.71. The van der Waals surface area contributed by atoms with Gasteiger partial charge in [0.1, 0.15) is 5.75 Å². The molecule has 30 heavy (non-hydrogen) atoms. The Kier molecular flexibility index (Phi) is 7.27.